The van der Waals surface area contributed by atoms with Crippen LogP contribution in [0.2, 0.25) is 5.02 Å². The Morgan fingerprint density at radius 1 is 1.00 bits per heavy atom. The number of hydrazone groups is 1. The first-order valence-corrected chi connectivity index (χ1v) is 7.66. The number of nitrogens with two attached hydrogens (primary N) is 2. The lowest BCUT2D eigenvalue weighted by Crippen LogP contribution is -2.24. The smallest absolute Gasteiger partial charge is 0.313 e. The van der Waals surface area contributed by atoms with Gasteiger partial charge in [0.1, 0.15) is 11.9 Å². The van der Waals surface area contributed by atoms with Gasteiger partial charge in [0.2, 0.25) is 5.96 Å². The molecule has 4 N–H and O–H groups in total. The highest BCUT2D eigenvalue weighted by atomic mass is 35.5. The van der Waals surface area contributed by atoms with Crippen LogP contribution >= 0.6 is 11.6 Å². The van der Waals surface area contributed by atoms with Gasteiger partial charge >= 0.3 is 5.82 Å². The van der Waals surface area contributed by atoms with Gasteiger partial charge in [-0.25, -0.2) is 0 Å². The van der Waals surface area contributed by atoms with Crippen LogP contribution in [0.3, 0.4) is 0 Å². The van der Waals surface area contributed by atoms with Crippen molar-refractivity contribution in [1.29, 1.82) is 0 Å². The Morgan fingerprint density at radius 2 is 1.62 bits per heavy atom. The Kier molecular flexibility index (Phi) is 4.35. The molecule has 6 heteroatoms. The summed E-state index contributed by atoms with van der Waals surface area (Å²) in [6.45, 7) is 3.82. The summed E-state index contributed by atoms with van der Waals surface area (Å²) < 4.78 is 3.21. The summed E-state index contributed by atoms with van der Waals surface area (Å²) >= 11 is 6.14. The Balaban J connectivity index is 1.98. The highest BCUT2D eigenvalue weighted by Gasteiger charge is 2.18. The van der Waals surface area contributed by atoms with Crippen LogP contribution in [0.15, 0.2) is 72.0 Å². The van der Waals surface area contributed by atoms with E-state index in [1.165, 1.54) is 4.68 Å². The van der Waals surface area contributed by atoms with E-state index in [-0.39, 0.29) is 5.96 Å². The van der Waals surface area contributed by atoms with Gasteiger partial charge in [-0.3, -0.25) is 0 Å². The van der Waals surface area contributed by atoms with E-state index in [1.54, 1.807) is 12.3 Å². The van der Waals surface area contributed by atoms with Crippen LogP contribution in [-0.2, 0) is 0 Å². The average Bonchev–Trinajstić information content (AvgIpc) is 2.97. The van der Waals surface area contributed by atoms with E-state index in [2.05, 4.69) is 36.1 Å². The lowest BCUT2D eigenvalue weighted by molar-refractivity contribution is -0.441. The molecule has 0 spiro atoms. The van der Waals surface area contributed by atoms with Crippen LogP contribution in [0.25, 0.3) is 16.8 Å². The van der Waals surface area contributed by atoms with E-state index in [0.717, 1.165) is 16.8 Å². The van der Waals surface area contributed by atoms with Crippen molar-refractivity contribution in [2.45, 2.75) is 0 Å². The van der Waals surface area contributed by atoms with Gasteiger partial charge in [-0.15, -0.1) is 4.68 Å². The van der Waals surface area contributed by atoms with E-state index >= 15 is 0 Å². The molecule has 0 fully saturated rings. The molecule has 2 aromatic carbocycles. The molecule has 0 bridgehead atoms. The van der Waals surface area contributed by atoms with Crippen molar-refractivity contribution < 1.29 is 4.68 Å². The Morgan fingerprint density at radius 3 is 2.25 bits per heavy atom. The third-order valence-electron chi connectivity index (χ3n) is 3.52. The highest BCUT2D eigenvalue weighted by Crippen LogP contribution is 2.27. The largest absolute Gasteiger partial charge is 0.367 e. The Hall–Kier alpha value is -3.05. The fraction of sp³-hybridized carbons (Fsp3) is 0. The van der Waals surface area contributed by atoms with Gasteiger partial charge in [-0.2, -0.15) is 4.57 Å². The third-order valence-corrected chi connectivity index (χ3v) is 3.73. The molecular weight excluding hydrogens is 322 g/mol. The maximum atomic E-state index is 6.14. The molecule has 0 unspecified atom stereocenters. The molecule has 0 saturated heterocycles. The zero-order valence-electron chi connectivity index (χ0n) is 12.9. The molecule has 24 heavy (non-hydrogen) atoms. The predicted molar refractivity (Wildman–Crippen MR) is 99.1 cm³/mol. The Labute approximate surface area is 145 Å². The number of nitrogens with zero attached hydrogens (tertiary/aromatic N) is 3. The quantitative estimate of drug-likeness (QED) is 0.331. The molecule has 0 amide bonds. The second-order valence-corrected chi connectivity index (χ2v) is 5.66. The molecule has 0 saturated carbocycles. The minimum Gasteiger partial charge on any atom is -0.367 e. The van der Waals surface area contributed by atoms with Crippen LogP contribution in [0, 0.1) is 0 Å². The van der Waals surface area contributed by atoms with Crippen molar-refractivity contribution >= 4 is 30.1 Å². The Bertz CT molecular complexity index is 891. The number of benzene rings is 2. The summed E-state index contributed by atoms with van der Waals surface area (Å²) in [7, 11) is 0. The summed E-state index contributed by atoms with van der Waals surface area (Å²) in [5.41, 5.74) is 14.1. The number of halogens is 1. The molecule has 0 aliphatic heterocycles. The van der Waals surface area contributed by atoms with Gasteiger partial charge in [0.05, 0.1) is 17.8 Å². The lowest BCUT2D eigenvalue weighted by atomic mass is 10.1. The van der Waals surface area contributed by atoms with Crippen LogP contribution < -0.4 is 11.5 Å². The summed E-state index contributed by atoms with van der Waals surface area (Å²) in [5, 5.41) is 4.49. The number of hydrogen-bond donors (Lipinski definition) is 2. The zero-order valence-corrected chi connectivity index (χ0v) is 13.7. The van der Waals surface area contributed by atoms with Crippen LogP contribution in [-0.4, -0.2) is 21.9 Å². The second kappa shape index (κ2) is 6.60. The number of rotatable bonds is 4. The number of hydrogen-bond acceptors (Lipinski definition) is 1. The lowest BCUT2D eigenvalue weighted by Gasteiger charge is -2.04. The minimum atomic E-state index is -0.0757. The van der Waals surface area contributed by atoms with Crippen molar-refractivity contribution in [3.8, 4) is 16.8 Å². The van der Waals surface area contributed by atoms with Gasteiger partial charge in [-0.1, -0.05) is 54.1 Å². The van der Waals surface area contributed by atoms with E-state index in [9.17, 15) is 0 Å². The monoisotopic (exact) mass is 338 g/mol. The van der Waals surface area contributed by atoms with Crippen LogP contribution in [0.1, 0.15) is 0 Å². The maximum absolute atomic E-state index is 6.14. The number of aromatic nitrogens is 1. The SMILES string of the molecule is C=[N+](N=C(N)N)c1cc(Cl)cn1-c1ccc(-c2ccccc2)cc1. The predicted octanol–water partition coefficient (Wildman–Crippen LogP) is 3.33. The van der Waals surface area contributed by atoms with E-state index in [0.29, 0.717) is 10.8 Å². The summed E-state index contributed by atoms with van der Waals surface area (Å²) in [6, 6.07) is 20.0. The fourth-order valence-electron chi connectivity index (χ4n) is 2.46. The highest BCUT2D eigenvalue weighted by molar-refractivity contribution is 6.30. The van der Waals surface area contributed by atoms with Gasteiger partial charge in [0, 0.05) is 0 Å². The van der Waals surface area contributed by atoms with Crippen molar-refractivity contribution in [2.24, 2.45) is 16.6 Å². The molecule has 1 heterocycles. The molecule has 0 aliphatic rings. The molecule has 0 atom stereocenters. The number of guanidine groups is 1. The molecular formula is C18H17ClN5+. The topological polar surface area (TPSA) is 72.3 Å². The zero-order chi connectivity index (χ0) is 17.1. The molecule has 0 radical (unpaired) electrons. The molecule has 1 aromatic heterocycles. The van der Waals surface area contributed by atoms with Gasteiger partial charge in [0.15, 0.2) is 0 Å². The maximum Gasteiger partial charge on any atom is 0.313 e. The molecule has 5 nitrogen and oxygen atoms in total. The van der Waals surface area contributed by atoms with E-state index in [1.807, 2.05) is 34.9 Å². The second-order valence-electron chi connectivity index (χ2n) is 5.22. The first-order chi connectivity index (χ1) is 11.5. The van der Waals surface area contributed by atoms with Crippen molar-refractivity contribution in [3.05, 3.63) is 71.9 Å². The van der Waals surface area contributed by atoms with Gasteiger partial charge in [-0.05, 0) is 28.4 Å². The summed E-state index contributed by atoms with van der Waals surface area (Å²) in [6.07, 6.45) is 1.79. The first-order valence-electron chi connectivity index (χ1n) is 7.28. The van der Waals surface area contributed by atoms with E-state index in [4.69, 9.17) is 23.1 Å². The summed E-state index contributed by atoms with van der Waals surface area (Å²) in [4.78, 5) is 0. The summed E-state index contributed by atoms with van der Waals surface area (Å²) in [5.74, 6) is 0.578. The van der Waals surface area contributed by atoms with Gasteiger partial charge in [0.25, 0.3) is 0 Å². The van der Waals surface area contributed by atoms with Crippen LogP contribution in [0.4, 0.5) is 5.82 Å². The van der Waals surface area contributed by atoms with Gasteiger partial charge < -0.3 is 11.5 Å². The standard InChI is InChI=1S/C18H17ClN5/c1-23(22-18(20)21)17-11-15(19)12-24(17)16-9-7-14(8-10-16)13-5-3-2-4-6-13/h2-12H,1H2,(H4,20,21,22)/q+1. The average molecular weight is 339 g/mol. The van der Waals surface area contributed by atoms with Crippen LogP contribution in [0.5, 0.6) is 0 Å². The third kappa shape index (κ3) is 3.31. The molecule has 3 aromatic rings. The van der Waals surface area contributed by atoms with Crippen molar-refractivity contribution in [3.63, 3.8) is 0 Å². The normalized spacial score (nSPS) is 10.4. The first kappa shape index (κ1) is 15.8. The van der Waals surface area contributed by atoms with Crippen molar-refractivity contribution in [2.75, 3.05) is 0 Å². The van der Waals surface area contributed by atoms with E-state index < -0.39 is 0 Å². The minimum absolute atomic E-state index is 0.0757. The molecule has 3 rings (SSSR count). The molecule has 120 valence electrons. The fourth-order valence-corrected chi connectivity index (χ4v) is 2.66. The molecule has 0 aliphatic carbocycles. The van der Waals surface area contributed by atoms with Crippen molar-refractivity contribution in [1.82, 2.24) is 4.57 Å².